The van der Waals surface area contributed by atoms with Gasteiger partial charge in [-0.1, -0.05) is 6.92 Å². The minimum atomic E-state index is -0.225. The van der Waals surface area contributed by atoms with E-state index in [0.29, 0.717) is 24.2 Å². The van der Waals surface area contributed by atoms with Gasteiger partial charge in [-0.15, -0.1) is 0 Å². The maximum absolute atomic E-state index is 12.1. The molecule has 0 unspecified atom stereocenters. The minimum absolute atomic E-state index is 0.0475. The van der Waals surface area contributed by atoms with Gasteiger partial charge in [0.05, 0.1) is 0 Å². The van der Waals surface area contributed by atoms with Crippen molar-refractivity contribution in [1.29, 1.82) is 0 Å². The van der Waals surface area contributed by atoms with Gasteiger partial charge < -0.3 is 16.0 Å². The smallest absolute Gasteiger partial charge is 0.251 e. The molecule has 0 spiro atoms. The number of hydrogen-bond acceptors (Lipinski definition) is 3. The molecule has 1 aromatic rings. The summed E-state index contributed by atoms with van der Waals surface area (Å²) in [6.45, 7) is 6.64. The monoisotopic (exact) mass is 291 g/mol. The van der Waals surface area contributed by atoms with Crippen molar-refractivity contribution in [2.75, 3.05) is 18.9 Å². The van der Waals surface area contributed by atoms with Crippen molar-refractivity contribution in [3.8, 4) is 0 Å². The number of nitrogens with one attached hydrogen (secondary N) is 3. The van der Waals surface area contributed by atoms with E-state index >= 15 is 0 Å². The first-order valence-electron chi connectivity index (χ1n) is 7.25. The quantitative estimate of drug-likeness (QED) is 0.721. The van der Waals surface area contributed by atoms with Crippen LogP contribution in [0.1, 0.15) is 44.0 Å². The van der Waals surface area contributed by atoms with Gasteiger partial charge in [0.15, 0.2) is 0 Å². The molecule has 0 aliphatic heterocycles. The SMILES string of the molecule is CCC(C)(C)NC(=O)c1ccc(NC(=O)CCNC)cc1. The van der Waals surface area contributed by atoms with Crippen LogP contribution in [0.4, 0.5) is 5.69 Å². The van der Waals surface area contributed by atoms with E-state index in [0.717, 1.165) is 6.42 Å². The molecule has 2 amide bonds. The highest BCUT2D eigenvalue weighted by Gasteiger charge is 2.18. The van der Waals surface area contributed by atoms with Gasteiger partial charge in [-0.3, -0.25) is 9.59 Å². The second kappa shape index (κ2) is 7.78. The normalized spacial score (nSPS) is 11.0. The van der Waals surface area contributed by atoms with Crippen LogP contribution in [0.2, 0.25) is 0 Å². The third-order valence-electron chi connectivity index (χ3n) is 3.37. The van der Waals surface area contributed by atoms with Crippen molar-refractivity contribution < 1.29 is 9.59 Å². The van der Waals surface area contributed by atoms with Crippen LogP contribution in [0.3, 0.4) is 0 Å². The van der Waals surface area contributed by atoms with E-state index in [2.05, 4.69) is 16.0 Å². The molecule has 3 N–H and O–H groups in total. The Bertz CT molecular complexity index is 481. The molecule has 0 bridgehead atoms. The zero-order valence-electron chi connectivity index (χ0n) is 13.2. The largest absolute Gasteiger partial charge is 0.347 e. The van der Waals surface area contributed by atoms with Crippen molar-refractivity contribution in [2.24, 2.45) is 0 Å². The number of rotatable bonds is 7. The lowest BCUT2D eigenvalue weighted by Gasteiger charge is -2.24. The Balaban J connectivity index is 2.61. The topological polar surface area (TPSA) is 70.2 Å². The van der Waals surface area contributed by atoms with Crippen LogP contribution in [0.25, 0.3) is 0 Å². The van der Waals surface area contributed by atoms with Crippen molar-refractivity contribution in [2.45, 2.75) is 39.2 Å². The molecule has 5 nitrogen and oxygen atoms in total. The molecule has 0 atom stereocenters. The summed E-state index contributed by atoms with van der Waals surface area (Å²) in [6, 6.07) is 6.92. The van der Waals surface area contributed by atoms with Gasteiger partial charge in [0.25, 0.3) is 5.91 Å². The summed E-state index contributed by atoms with van der Waals surface area (Å²) in [5.41, 5.74) is 1.06. The molecule has 0 aliphatic carbocycles. The minimum Gasteiger partial charge on any atom is -0.347 e. The van der Waals surface area contributed by atoms with E-state index in [9.17, 15) is 9.59 Å². The third-order valence-corrected chi connectivity index (χ3v) is 3.37. The Morgan fingerprint density at radius 1 is 1.14 bits per heavy atom. The zero-order valence-corrected chi connectivity index (χ0v) is 13.2. The Morgan fingerprint density at radius 2 is 1.76 bits per heavy atom. The zero-order chi connectivity index (χ0) is 15.9. The molecule has 0 saturated carbocycles. The number of anilines is 1. The molecular formula is C16H25N3O2. The van der Waals surface area contributed by atoms with Gasteiger partial charge in [-0.05, 0) is 51.6 Å². The second-order valence-electron chi connectivity index (χ2n) is 5.67. The van der Waals surface area contributed by atoms with Crippen LogP contribution < -0.4 is 16.0 Å². The highest BCUT2D eigenvalue weighted by Crippen LogP contribution is 2.12. The molecule has 1 rings (SSSR count). The summed E-state index contributed by atoms with van der Waals surface area (Å²) in [5, 5.41) is 8.69. The maximum atomic E-state index is 12.1. The predicted molar refractivity (Wildman–Crippen MR) is 85.5 cm³/mol. The number of carbonyl (C=O) groups is 2. The van der Waals surface area contributed by atoms with Gasteiger partial charge in [-0.25, -0.2) is 0 Å². The first-order chi connectivity index (χ1) is 9.88. The lowest BCUT2D eigenvalue weighted by molar-refractivity contribution is -0.116. The van der Waals surface area contributed by atoms with Gasteiger partial charge in [0.1, 0.15) is 0 Å². The van der Waals surface area contributed by atoms with E-state index in [1.807, 2.05) is 20.8 Å². The first-order valence-corrected chi connectivity index (χ1v) is 7.25. The van der Waals surface area contributed by atoms with Crippen LogP contribution in [0.15, 0.2) is 24.3 Å². The van der Waals surface area contributed by atoms with E-state index < -0.39 is 0 Å². The Labute approximate surface area is 126 Å². The van der Waals surface area contributed by atoms with Crippen LogP contribution >= 0.6 is 0 Å². The van der Waals surface area contributed by atoms with E-state index in [1.54, 1.807) is 31.3 Å². The molecule has 0 aliphatic rings. The summed E-state index contributed by atoms with van der Waals surface area (Å²) in [5.74, 6) is -0.149. The summed E-state index contributed by atoms with van der Waals surface area (Å²) >= 11 is 0. The highest BCUT2D eigenvalue weighted by atomic mass is 16.2. The summed E-state index contributed by atoms with van der Waals surface area (Å²) in [4.78, 5) is 23.7. The van der Waals surface area contributed by atoms with E-state index in [1.165, 1.54) is 0 Å². The summed E-state index contributed by atoms with van der Waals surface area (Å²) in [6.07, 6.45) is 1.28. The van der Waals surface area contributed by atoms with Crippen LogP contribution in [0, 0.1) is 0 Å². The Morgan fingerprint density at radius 3 is 2.29 bits per heavy atom. The lowest BCUT2D eigenvalue weighted by atomic mass is 10.0. The van der Waals surface area contributed by atoms with Crippen molar-refractivity contribution >= 4 is 17.5 Å². The van der Waals surface area contributed by atoms with Gasteiger partial charge >= 0.3 is 0 Å². The third kappa shape index (κ3) is 5.95. The van der Waals surface area contributed by atoms with Gasteiger partial charge in [0.2, 0.25) is 5.91 Å². The lowest BCUT2D eigenvalue weighted by Crippen LogP contribution is -2.42. The standard InChI is InChI=1S/C16H25N3O2/c1-5-16(2,3)19-15(21)12-6-8-13(9-7-12)18-14(20)10-11-17-4/h6-9,17H,5,10-11H2,1-4H3,(H,18,20)(H,19,21). The maximum Gasteiger partial charge on any atom is 0.251 e. The highest BCUT2D eigenvalue weighted by molar-refractivity contribution is 5.96. The number of hydrogen-bond donors (Lipinski definition) is 3. The molecule has 5 heteroatoms. The van der Waals surface area contributed by atoms with Crippen LogP contribution in [0.5, 0.6) is 0 Å². The molecule has 0 fully saturated rings. The van der Waals surface area contributed by atoms with Crippen molar-refractivity contribution in [1.82, 2.24) is 10.6 Å². The van der Waals surface area contributed by atoms with Crippen molar-refractivity contribution in [3.63, 3.8) is 0 Å². The number of benzene rings is 1. The Kier molecular flexibility index (Phi) is 6.37. The molecule has 0 saturated heterocycles. The Hall–Kier alpha value is -1.88. The molecule has 0 aromatic heterocycles. The molecule has 0 radical (unpaired) electrons. The summed E-state index contributed by atoms with van der Waals surface area (Å²) < 4.78 is 0. The summed E-state index contributed by atoms with van der Waals surface area (Å²) in [7, 11) is 1.80. The van der Waals surface area contributed by atoms with Crippen LogP contribution in [-0.4, -0.2) is 30.9 Å². The fourth-order valence-corrected chi connectivity index (χ4v) is 1.63. The average molecular weight is 291 g/mol. The van der Waals surface area contributed by atoms with Gasteiger partial charge in [-0.2, -0.15) is 0 Å². The van der Waals surface area contributed by atoms with Crippen molar-refractivity contribution in [3.05, 3.63) is 29.8 Å². The fourth-order valence-electron chi connectivity index (χ4n) is 1.63. The molecule has 0 heterocycles. The molecule has 21 heavy (non-hydrogen) atoms. The van der Waals surface area contributed by atoms with Gasteiger partial charge in [0, 0.05) is 29.8 Å². The second-order valence-corrected chi connectivity index (χ2v) is 5.67. The number of amides is 2. The molecule has 116 valence electrons. The first kappa shape index (κ1) is 17.2. The van der Waals surface area contributed by atoms with Crippen LogP contribution in [-0.2, 0) is 4.79 Å². The van der Waals surface area contributed by atoms with E-state index in [-0.39, 0.29) is 17.4 Å². The van der Waals surface area contributed by atoms with E-state index in [4.69, 9.17) is 0 Å². The molecule has 1 aromatic carbocycles. The fraction of sp³-hybridized carbons (Fsp3) is 0.500. The molecular weight excluding hydrogens is 266 g/mol. The predicted octanol–water partition coefficient (Wildman–Crippen LogP) is 2.15. The number of carbonyl (C=O) groups excluding carboxylic acids is 2. The average Bonchev–Trinajstić information content (AvgIpc) is 2.45.